The fraction of sp³-hybridized carbons (Fsp3) is 0.857. The quantitative estimate of drug-likeness (QED) is 0.590. The van der Waals surface area contributed by atoms with Crippen LogP contribution in [0.1, 0.15) is 27.7 Å². The minimum absolute atomic E-state index is 0.186. The molecule has 0 aliphatic heterocycles. The number of nitrogens with zero attached hydrogens (tertiary/aromatic N) is 2. The van der Waals surface area contributed by atoms with Gasteiger partial charge in [0.15, 0.2) is 0 Å². The molecule has 4 nitrogen and oxygen atoms in total. The molecule has 0 N–H and O–H groups in total. The summed E-state index contributed by atoms with van der Waals surface area (Å²) in [5.41, 5.74) is 0. The summed E-state index contributed by atoms with van der Waals surface area (Å²) in [5.74, 6) is -15.1. The third-order valence-electron chi connectivity index (χ3n) is 3.66. The van der Waals surface area contributed by atoms with Crippen molar-refractivity contribution in [2.75, 3.05) is 26.2 Å². The summed E-state index contributed by atoms with van der Waals surface area (Å²) in [6.07, 6.45) is -7.93. The van der Waals surface area contributed by atoms with Crippen molar-refractivity contribution in [3.8, 4) is 0 Å². The molecule has 0 aliphatic carbocycles. The molecule has 2 unspecified atom stereocenters. The van der Waals surface area contributed by atoms with Crippen LogP contribution in [0.5, 0.6) is 0 Å². The van der Waals surface area contributed by atoms with Crippen LogP contribution < -0.4 is 0 Å². The van der Waals surface area contributed by atoms with Gasteiger partial charge in [-0.25, -0.2) is 8.78 Å². The first kappa shape index (κ1) is 22.5. The zero-order valence-corrected chi connectivity index (χ0v) is 14.0. The summed E-state index contributed by atoms with van der Waals surface area (Å²) in [6.45, 7) is 4.62. The largest absolute Gasteiger partial charge is 0.353 e. The van der Waals surface area contributed by atoms with Crippen molar-refractivity contribution in [2.45, 2.75) is 51.9 Å². The minimum Gasteiger partial charge on any atom is -0.341 e. The maximum atomic E-state index is 13.8. The molecular weight excluding hydrogens is 342 g/mol. The van der Waals surface area contributed by atoms with Gasteiger partial charge in [0.1, 0.15) is 0 Å². The van der Waals surface area contributed by atoms with Gasteiger partial charge >= 0.3 is 11.8 Å². The Morgan fingerprint density at radius 2 is 0.917 bits per heavy atom. The Kier molecular flexibility index (Phi) is 8.04. The maximum absolute atomic E-state index is 13.8. The van der Waals surface area contributed by atoms with Crippen LogP contribution in [-0.2, 0) is 9.59 Å². The summed E-state index contributed by atoms with van der Waals surface area (Å²) in [5, 5.41) is 0. The average Bonchev–Trinajstić information content (AvgIpc) is 2.54. The molecule has 0 saturated heterocycles. The van der Waals surface area contributed by atoms with Gasteiger partial charge in [0, 0.05) is 26.2 Å². The molecule has 0 heterocycles. The molecule has 0 saturated carbocycles. The zero-order chi connectivity index (χ0) is 19.3. The van der Waals surface area contributed by atoms with E-state index in [-0.39, 0.29) is 26.2 Å². The van der Waals surface area contributed by atoms with Crippen LogP contribution in [0, 0.1) is 0 Å². The smallest absolute Gasteiger partial charge is 0.341 e. The van der Waals surface area contributed by atoms with E-state index in [1.807, 2.05) is 0 Å². The van der Waals surface area contributed by atoms with Gasteiger partial charge in [-0.15, -0.1) is 0 Å². The number of hydrogen-bond acceptors (Lipinski definition) is 2. The van der Waals surface area contributed by atoms with E-state index in [1.165, 1.54) is 27.7 Å². The summed E-state index contributed by atoms with van der Waals surface area (Å²) in [7, 11) is 0. The third kappa shape index (κ3) is 4.13. The lowest BCUT2D eigenvalue weighted by atomic mass is 10.00. The van der Waals surface area contributed by atoms with Gasteiger partial charge in [0.2, 0.25) is 12.3 Å². The van der Waals surface area contributed by atoms with E-state index in [4.69, 9.17) is 0 Å². The first-order valence-electron chi connectivity index (χ1n) is 7.55. The SMILES string of the molecule is CCN(CC)C(=O)C(F)C(F)(F)C(F)(F)C(F)C(=O)N(CC)CC. The van der Waals surface area contributed by atoms with E-state index in [9.17, 15) is 35.9 Å². The summed E-state index contributed by atoms with van der Waals surface area (Å²) < 4.78 is 82.6. The minimum atomic E-state index is -5.67. The molecule has 0 aromatic rings. The number of carbonyl (C=O) groups excluding carboxylic acids is 2. The highest BCUT2D eigenvalue weighted by molar-refractivity contribution is 5.84. The van der Waals surface area contributed by atoms with Crippen LogP contribution in [0.2, 0.25) is 0 Å². The summed E-state index contributed by atoms with van der Waals surface area (Å²) in [6, 6.07) is 0. The van der Waals surface area contributed by atoms with Crippen molar-refractivity contribution >= 4 is 11.8 Å². The third-order valence-corrected chi connectivity index (χ3v) is 3.66. The lowest BCUT2D eigenvalue weighted by Gasteiger charge is -2.33. The molecule has 0 aromatic carbocycles. The average molecular weight is 364 g/mol. The van der Waals surface area contributed by atoms with Crippen molar-refractivity contribution < 1.29 is 35.9 Å². The van der Waals surface area contributed by atoms with Gasteiger partial charge in [-0.05, 0) is 27.7 Å². The molecule has 0 rings (SSSR count). The van der Waals surface area contributed by atoms with E-state index in [1.54, 1.807) is 0 Å². The lowest BCUT2D eigenvalue weighted by Crippen LogP contribution is -2.61. The second kappa shape index (κ2) is 8.57. The molecule has 0 bridgehead atoms. The molecule has 0 fully saturated rings. The fourth-order valence-corrected chi connectivity index (χ4v) is 2.04. The van der Waals surface area contributed by atoms with Crippen molar-refractivity contribution in [1.29, 1.82) is 0 Å². The highest BCUT2D eigenvalue weighted by Crippen LogP contribution is 2.43. The highest BCUT2D eigenvalue weighted by atomic mass is 19.3. The second-order valence-corrected chi connectivity index (χ2v) is 4.99. The van der Waals surface area contributed by atoms with Crippen molar-refractivity contribution in [3.63, 3.8) is 0 Å². The first-order chi connectivity index (χ1) is 10.9. The Bertz CT molecular complexity index is 399. The molecule has 142 valence electrons. The van der Waals surface area contributed by atoms with Crippen molar-refractivity contribution in [2.24, 2.45) is 0 Å². The number of alkyl halides is 6. The normalized spacial score (nSPS) is 14.9. The molecule has 0 radical (unpaired) electrons. The predicted molar refractivity (Wildman–Crippen MR) is 75.5 cm³/mol. The topological polar surface area (TPSA) is 40.6 Å². The summed E-state index contributed by atoms with van der Waals surface area (Å²) in [4.78, 5) is 24.3. The van der Waals surface area contributed by atoms with Gasteiger partial charge in [-0.2, -0.15) is 17.6 Å². The van der Waals surface area contributed by atoms with Crippen LogP contribution in [0.15, 0.2) is 0 Å². The molecule has 0 aromatic heterocycles. The Hall–Kier alpha value is -1.48. The predicted octanol–water partition coefficient (Wildman–Crippen LogP) is 2.67. The van der Waals surface area contributed by atoms with Gasteiger partial charge in [-0.1, -0.05) is 0 Å². The van der Waals surface area contributed by atoms with Crippen LogP contribution in [0.25, 0.3) is 0 Å². The summed E-state index contributed by atoms with van der Waals surface area (Å²) >= 11 is 0. The van der Waals surface area contributed by atoms with Crippen molar-refractivity contribution in [3.05, 3.63) is 0 Å². The molecule has 0 spiro atoms. The Labute approximate surface area is 136 Å². The fourth-order valence-electron chi connectivity index (χ4n) is 2.04. The monoisotopic (exact) mass is 364 g/mol. The standard InChI is InChI=1S/C14H22F6N2O2/c1-5-21(6-2)11(23)9(15)13(17,18)14(19,20)10(16)12(24)22(7-3)8-4/h9-10H,5-8H2,1-4H3. The number of halogens is 6. The van der Waals surface area contributed by atoms with Gasteiger partial charge in [0.05, 0.1) is 0 Å². The van der Waals surface area contributed by atoms with Crippen LogP contribution in [-0.4, -0.2) is 72.0 Å². The molecule has 10 heteroatoms. The zero-order valence-electron chi connectivity index (χ0n) is 14.0. The highest BCUT2D eigenvalue weighted by Gasteiger charge is 2.70. The molecular formula is C14H22F6N2O2. The van der Waals surface area contributed by atoms with E-state index < -0.39 is 36.0 Å². The first-order valence-corrected chi connectivity index (χ1v) is 7.55. The lowest BCUT2D eigenvalue weighted by molar-refractivity contribution is -0.260. The van der Waals surface area contributed by atoms with E-state index in [2.05, 4.69) is 0 Å². The number of amides is 2. The molecule has 24 heavy (non-hydrogen) atoms. The van der Waals surface area contributed by atoms with Gasteiger partial charge < -0.3 is 9.80 Å². The van der Waals surface area contributed by atoms with E-state index >= 15 is 0 Å². The van der Waals surface area contributed by atoms with Crippen LogP contribution >= 0.6 is 0 Å². The second-order valence-electron chi connectivity index (χ2n) is 4.99. The van der Waals surface area contributed by atoms with Crippen LogP contribution in [0.4, 0.5) is 26.3 Å². The Morgan fingerprint density at radius 3 is 1.08 bits per heavy atom. The number of carbonyl (C=O) groups is 2. The van der Waals surface area contributed by atoms with Gasteiger partial charge in [0.25, 0.3) is 11.8 Å². The number of rotatable bonds is 9. The van der Waals surface area contributed by atoms with Gasteiger partial charge in [-0.3, -0.25) is 9.59 Å². The Balaban J connectivity index is 5.56. The molecule has 2 atom stereocenters. The number of hydrogen-bond donors (Lipinski definition) is 0. The maximum Gasteiger partial charge on any atom is 0.353 e. The molecule has 2 amide bonds. The van der Waals surface area contributed by atoms with Crippen LogP contribution in [0.3, 0.4) is 0 Å². The molecule has 0 aliphatic rings. The van der Waals surface area contributed by atoms with E-state index in [0.717, 1.165) is 0 Å². The van der Waals surface area contributed by atoms with Crippen molar-refractivity contribution in [1.82, 2.24) is 9.80 Å². The Morgan fingerprint density at radius 1 is 0.708 bits per heavy atom. The van der Waals surface area contributed by atoms with E-state index in [0.29, 0.717) is 9.80 Å².